The number of carbonyl (C=O) groups is 1. The maximum atomic E-state index is 13.7. The lowest BCUT2D eigenvalue weighted by atomic mass is 9.98. The molecule has 0 atom stereocenters. The van der Waals surface area contributed by atoms with E-state index in [9.17, 15) is 13.6 Å². The second kappa shape index (κ2) is 5.99. The van der Waals surface area contributed by atoms with Crippen LogP contribution in [0, 0.1) is 24.5 Å². The average molecular weight is 332 g/mol. The van der Waals surface area contributed by atoms with Gasteiger partial charge in [0, 0.05) is 24.5 Å². The molecule has 0 saturated carbocycles. The van der Waals surface area contributed by atoms with E-state index in [1.807, 2.05) is 0 Å². The van der Waals surface area contributed by atoms with Gasteiger partial charge in [-0.25, -0.2) is 8.78 Å². The number of aryl methyl sites for hydroxylation is 1. The van der Waals surface area contributed by atoms with Crippen LogP contribution in [0.15, 0.2) is 12.1 Å². The van der Waals surface area contributed by atoms with Crippen molar-refractivity contribution >= 4 is 21.8 Å². The molecule has 1 saturated heterocycles. The Bertz CT molecular complexity index is 485. The summed E-state index contributed by atoms with van der Waals surface area (Å²) in [4.78, 5) is 13.9. The van der Waals surface area contributed by atoms with Gasteiger partial charge >= 0.3 is 0 Å². The topological polar surface area (TPSA) is 20.3 Å². The predicted octanol–water partition coefficient (Wildman–Crippen LogP) is 3.52. The Balaban J connectivity index is 2.14. The molecule has 1 heterocycles. The zero-order valence-electron chi connectivity index (χ0n) is 10.8. The molecule has 2 rings (SSSR count). The summed E-state index contributed by atoms with van der Waals surface area (Å²) in [6.07, 6.45) is 1.83. The molecule has 1 aliphatic rings. The van der Waals surface area contributed by atoms with Crippen molar-refractivity contribution in [2.45, 2.75) is 19.8 Å². The molecule has 1 amide bonds. The lowest BCUT2D eigenvalue weighted by Gasteiger charge is -2.31. The van der Waals surface area contributed by atoms with E-state index >= 15 is 0 Å². The molecule has 104 valence electrons. The van der Waals surface area contributed by atoms with Crippen LogP contribution >= 0.6 is 15.9 Å². The Labute approximate surface area is 119 Å². The van der Waals surface area contributed by atoms with Gasteiger partial charge in [-0.2, -0.15) is 0 Å². The van der Waals surface area contributed by atoms with E-state index in [0.29, 0.717) is 24.6 Å². The van der Waals surface area contributed by atoms with E-state index in [-0.39, 0.29) is 11.5 Å². The fourth-order valence-corrected chi connectivity index (χ4v) is 2.93. The number of likely N-dealkylation sites (tertiary alicyclic amines) is 1. The molecule has 1 aromatic carbocycles. The molecule has 0 aromatic heterocycles. The summed E-state index contributed by atoms with van der Waals surface area (Å²) in [6.45, 7) is 2.79. The highest BCUT2D eigenvalue weighted by Gasteiger charge is 2.25. The van der Waals surface area contributed by atoms with Gasteiger partial charge < -0.3 is 4.90 Å². The fourth-order valence-electron chi connectivity index (χ4n) is 2.28. The van der Waals surface area contributed by atoms with E-state index in [1.165, 1.54) is 13.0 Å². The first-order valence-electron chi connectivity index (χ1n) is 6.33. The smallest absolute Gasteiger partial charge is 0.256 e. The number of hydrogen-bond donors (Lipinski definition) is 0. The van der Waals surface area contributed by atoms with E-state index in [4.69, 9.17) is 0 Å². The second-order valence-corrected chi connectivity index (χ2v) is 5.62. The summed E-state index contributed by atoms with van der Waals surface area (Å²) < 4.78 is 26.9. The minimum atomic E-state index is -0.782. The summed E-state index contributed by atoms with van der Waals surface area (Å²) in [5.74, 6) is -1.17. The van der Waals surface area contributed by atoms with Crippen LogP contribution in [0.2, 0.25) is 0 Å². The lowest BCUT2D eigenvalue weighted by Crippen LogP contribution is -2.39. The van der Waals surface area contributed by atoms with Gasteiger partial charge in [-0.15, -0.1) is 0 Å². The summed E-state index contributed by atoms with van der Waals surface area (Å²) in [5.41, 5.74) is 0.260. The molecule has 1 aromatic rings. The van der Waals surface area contributed by atoms with Gasteiger partial charge in [0.25, 0.3) is 5.91 Å². The molecule has 0 aliphatic carbocycles. The Morgan fingerprint density at radius 3 is 2.53 bits per heavy atom. The Morgan fingerprint density at radius 2 is 1.95 bits per heavy atom. The van der Waals surface area contributed by atoms with Gasteiger partial charge in [-0.3, -0.25) is 4.79 Å². The zero-order chi connectivity index (χ0) is 14.0. The zero-order valence-corrected chi connectivity index (χ0v) is 12.3. The van der Waals surface area contributed by atoms with Crippen LogP contribution in [-0.4, -0.2) is 29.2 Å². The van der Waals surface area contributed by atoms with E-state index in [2.05, 4.69) is 15.9 Å². The number of carbonyl (C=O) groups excluding carboxylic acids is 1. The van der Waals surface area contributed by atoms with Crippen LogP contribution in [0.25, 0.3) is 0 Å². The van der Waals surface area contributed by atoms with Gasteiger partial charge in [-0.1, -0.05) is 15.9 Å². The third-order valence-corrected chi connectivity index (χ3v) is 4.51. The molecule has 2 nitrogen and oxygen atoms in total. The summed E-state index contributed by atoms with van der Waals surface area (Å²) in [5, 5.41) is 0.930. The van der Waals surface area contributed by atoms with E-state index in [1.54, 1.807) is 4.90 Å². The van der Waals surface area contributed by atoms with Gasteiger partial charge in [-0.05, 0) is 37.3 Å². The van der Waals surface area contributed by atoms with Gasteiger partial charge in [0.05, 0.1) is 5.56 Å². The quantitative estimate of drug-likeness (QED) is 0.759. The van der Waals surface area contributed by atoms with Crippen molar-refractivity contribution in [1.82, 2.24) is 4.90 Å². The van der Waals surface area contributed by atoms with Crippen LogP contribution < -0.4 is 0 Å². The third kappa shape index (κ3) is 3.14. The van der Waals surface area contributed by atoms with Crippen molar-refractivity contribution in [3.8, 4) is 0 Å². The highest BCUT2D eigenvalue weighted by molar-refractivity contribution is 9.09. The molecular weight excluding hydrogens is 316 g/mol. The summed E-state index contributed by atoms with van der Waals surface area (Å²) >= 11 is 3.44. The molecule has 5 heteroatoms. The van der Waals surface area contributed by atoms with Crippen LogP contribution in [0.3, 0.4) is 0 Å². The maximum absolute atomic E-state index is 13.7. The van der Waals surface area contributed by atoms with E-state index in [0.717, 1.165) is 24.2 Å². The van der Waals surface area contributed by atoms with Crippen LogP contribution in [-0.2, 0) is 0 Å². The predicted molar refractivity (Wildman–Crippen MR) is 73.5 cm³/mol. The first-order chi connectivity index (χ1) is 9.02. The molecule has 0 spiro atoms. The molecule has 19 heavy (non-hydrogen) atoms. The number of rotatable bonds is 2. The Hall–Kier alpha value is -0.970. The molecule has 0 unspecified atom stereocenters. The minimum absolute atomic E-state index is 0.0313. The highest BCUT2D eigenvalue weighted by Crippen LogP contribution is 2.22. The lowest BCUT2D eigenvalue weighted by molar-refractivity contribution is 0.0694. The standard InChI is InChI=1S/C14H16BrF2NO/c1-9-6-11(13(17)7-12(9)16)14(19)18-4-2-10(8-15)3-5-18/h6-7,10H,2-5,8H2,1H3. The molecular formula is C14H16BrF2NO. The normalized spacial score (nSPS) is 16.7. The summed E-state index contributed by atoms with van der Waals surface area (Å²) in [6, 6.07) is 2.08. The van der Waals surface area contributed by atoms with Crippen molar-refractivity contribution in [2.75, 3.05) is 18.4 Å². The van der Waals surface area contributed by atoms with Crippen LogP contribution in [0.4, 0.5) is 8.78 Å². The molecule has 0 N–H and O–H groups in total. The van der Waals surface area contributed by atoms with Crippen molar-refractivity contribution in [3.05, 3.63) is 34.9 Å². The molecule has 1 fully saturated rings. The Kier molecular flexibility index (Phi) is 4.55. The van der Waals surface area contributed by atoms with Crippen LogP contribution in [0.1, 0.15) is 28.8 Å². The van der Waals surface area contributed by atoms with E-state index < -0.39 is 11.6 Å². The third-order valence-electron chi connectivity index (χ3n) is 3.60. The van der Waals surface area contributed by atoms with Gasteiger partial charge in [0.2, 0.25) is 0 Å². The van der Waals surface area contributed by atoms with Crippen molar-refractivity contribution in [3.63, 3.8) is 0 Å². The summed E-state index contributed by atoms with van der Waals surface area (Å²) in [7, 11) is 0. The van der Waals surface area contributed by atoms with Gasteiger partial charge in [0.1, 0.15) is 11.6 Å². The minimum Gasteiger partial charge on any atom is -0.339 e. The van der Waals surface area contributed by atoms with Gasteiger partial charge in [0.15, 0.2) is 0 Å². The number of nitrogens with zero attached hydrogens (tertiary/aromatic N) is 1. The average Bonchev–Trinajstić information content (AvgIpc) is 2.42. The first kappa shape index (κ1) is 14.4. The molecule has 0 radical (unpaired) electrons. The largest absolute Gasteiger partial charge is 0.339 e. The van der Waals surface area contributed by atoms with Crippen molar-refractivity contribution in [2.24, 2.45) is 5.92 Å². The SMILES string of the molecule is Cc1cc(C(=O)N2CCC(CBr)CC2)c(F)cc1F. The number of piperidine rings is 1. The second-order valence-electron chi connectivity index (χ2n) is 4.97. The van der Waals surface area contributed by atoms with Crippen molar-refractivity contribution < 1.29 is 13.6 Å². The van der Waals surface area contributed by atoms with Crippen LogP contribution in [0.5, 0.6) is 0 Å². The monoisotopic (exact) mass is 331 g/mol. The maximum Gasteiger partial charge on any atom is 0.256 e. The first-order valence-corrected chi connectivity index (χ1v) is 7.46. The molecule has 0 bridgehead atoms. The number of alkyl halides is 1. The number of halogens is 3. The number of amides is 1. The fraction of sp³-hybridized carbons (Fsp3) is 0.500. The van der Waals surface area contributed by atoms with Crippen molar-refractivity contribution in [1.29, 1.82) is 0 Å². The highest BCUT2D eigenvalue weighted by atomic mass is 79.9. The molecule has 1 aliphatic heterocycles. The number of hydrogen-bond acceptors (Lipinski definition) is 1. The number of benzene rings is 1. The Morgan fingerprint density at radius 1 is 1.32 bits per heavy atom.